The number of fused-ring (bicyclic) bond motifs is 1. The Balaban J connectivity index is 1.44. The number of rotatable bonds is 20. The maximum Gasteiger partial charge on any atom is 0.336 e. The minimum Gasteiger partial charge on any atom is -0.480 e. The zero-order valence-corrected chi connectivity index (χ0v) is 25.4. The van der Waals surface area contributed by atoms with E-state index in [0.717, 1.165) is 61.7 Å². The molecule has 10 heteroatoms. The van der Waals surface area contributed by atoms with E-state index in [2.05, 4.69) is 48.4 Å². The second-order valence-electron chi connectivity index (χ2n) is 11.0. The molecule has 0 aliphatic heterocycles. The van der Waals surface area contributed by atoms with Crippen LogP contribution in [0.5, 0.6) is 0 Å². The first kappa shape index (κ1) is 33.6. The van der Waals surface area contributed by atoms with Gasteiger partial charge in [-0.1, -0.05) is 24.6 Å². The van der Waals surface area contributed by atoms with E-state index in [0.29, 0.717) is 13.0 Å². The van der Waals surface area contributed by atoms with Crippen molar-refractivity contribution in [3.63, 3.8) is 0 Å². The highest BCUT2D eigenvalue weighted by Gasteiger charge is 2.37. The fourth-order valence-electron chi connectivity index (χ4n) is 4.89. The number of carbonyl (C=O) groups is 3. The van der Waals surface area contributed by atoms with Gasteiger partial charge in [-0.15, -0.1) is 0 Å². The normalized spacial score (nSPS) is 12.6. The van der Waals surface area contributed by atoms with Gasteiger partial charge in [-0.25, -0.2) is 9.59 Å². The Morgan fingerprint density at radius 3 is 2.42 bits per heavy atom. The van der Waals surface area contributed by atoms with Crippen molar-refractivity contribution >= 4 is 34.4 Å². The monoisotopic (exact) mass is 595 g/mol. The summed E-state index contributed by atoms with van der Waals surface area (Å²) in [6.07, 6.45) is 4.55. The van der Waals surface area contributed by atoms with Crippen LogP contribution < -0.4 is 5.32 Å². The highest BCUT2D eigenvalue weighted by Crippen LogP contribution is 2.18. The molecular formula is C33H45N3O7. The van der Waals surface area contributed by atoms with E-state index in [1.165, 1.54) is 21.6 Å². The number of ether oxygens (including phenoxy) is 2. The van der Waals surface area contributed by atoms with Crippen LogP contribution in [0.4, 0.5) is 5.69 Å². The third-order valence-electron chi connectivity index (χ3n) is 7.56. The minimum absolute atomic E-state index is 0.164. The van der Waals surface area contributed by atoms with Crippen molar-refractivity contribution in [1.82, 2.24) is 9.88 Å². The number of likely N-dealkylation sites (N-methyl/N-ethyl adjacent to an activating group) is 1. The summed E-state index contributed by atoms with van der Waals surface area (Å²) < 4.78 is 10.9. The number of amides is 1. The summed E-state index contributed by atoms with van der Waals surface area (Å²) in [4.78, 5) is 40.9. The number of H-pyrrole nitrogens is 1. The van der Waals surface area contributed by atoms with Crippen LogP contribution in [0.3, 0.4) is 0 Å². The number of aromatic amines is 1. The van der Waals surface area contributed by atoms with Gasteiger partial charge in [-0.2, -0.15) is 0 Å². The van der Waals surface area contributed by atoms with Gasteiger partial charge < -0.3 is 34.9 Å². The maximum absolute atomic E-state index is 13.3. The molecule has 0 fully saturated rings. The average molecular weight is 596 g/mol. The molecule has 0 radical (unpaired) electrons. The molecule has 0 bridgehead atoms. The number of hydrogen-bond donors (Lipinski definition) is 4. The maximum atomic E-state index is 13.3. The number of anilines is 1. The predicted molar refractivity (Wildman–Crippen MR) is 166 cm³/mol. The second kappa shape index (κ2) is 17.3. The largest absolute Gasteiger partial charge is 0.480 e. The summed E-state index contributed by atoms with van der Waals surface area (Å²) >= 11 is 0. The number of carbonyl (C=O) groups excluding carboxylic acids is 1. The van der Waals surface area contributed by atoms with Crippen LogP contribution in [0.15, 0.2) is 48.7 Å². The second-order valence-corrected chi connectivity index (χ2v) is 11.0. The Morgan fingerprint density at radius 2 is 1.67 bits per heavy atom. The number of benzene rings is 2. The van der Waals surface area contributed by atoms with Crippen molar-refractivity contribution < 1.29 is 34.1 Å². The summed E-state index contributed by atoms with van der Waals surface area (Å²) in [5.41, 5.74) is 5.92. The van der Waals surface area contributed by atoms with Crippen LogP contribution in [0.1, 0.15) is 55.2 Å². The molecule has 3 aromatic rings. The van der Waals surface area contributed by atoms with Gasteiger partial charge in [-0.05, 0) is 93.3 Å². The molecule has 4 N–H and O–H groups in total. The Hall–Kier alpha value is -3.89. The molecule has 2 atom stereocenters. The first-order valence-electron chi connectivity index (χ1n) is 15.0. The fourth-order valence-corrected chi connectivity index (χ4v) is 4.89. The molecule has 0 aliphatic rings. The molecule has 0 saturated heterocycles. The lowest BCUT2D eigenvalue weighted by Gasteiger charge is -2.27. The summed E-state index contributed by atoms with van der Waals surface area (Å²) in [5.74, 6) is -3.30. The molecule has 1 aromatic heterocycles. The number of aromatic nitrogens is 1. The molecule has 3 rings (SSSR count). The standard InChI is InChI=1S/C33H45N3O7/c1-23-11-12-25(20-24(23)2)10-6-4-9-19-42-30(31(33(40)41)43-22-29(37)38)32(39)36(3)18-8-5-7-16-34-27-13-14-28-26(21-27)15-17-35-28/h11-15,17,20-21,30-31,34-35H,4-10,16,18-19,22H2,1-3H3,(H,37,38)(H,40,41). The number of unbranched alkanes of at least 4 members (excludes halogenated alkanes) is 4. The van der Waals surface area contributed by atoms with Gasteiger partial charge in [-0.3, -0.25) is 4.79 Å². The van der Waals surface area contributed by atoms with E-state index in [9.17, 15) is 19.5 Å². The molecule has 0 spiro atoms. The Labute approximate surface area is 253 Å². The van der Waals surface area contributed by atoms with Crippen molar-refractivity contribution in [2.24, 2.45) is 0 Å². The molecule has 2 aromatic carbocycles. The fraction of sp³-hybridized carbons (Fsp3) is 0.485. The summed E-state index contributed by atoms with van der Waals surface area (Å²) in [5, 5.41) is 23.3. The first-order valence-corrected chi connectivity index (χ1v) is 15.0. The number of aryl methyl sites for hydroxylation is 3. The highest BCUT2D eigenvalue weighted by atomic mass is 16.6. The van der Waals surface area contributed by atoms with Gasteiger partial charge in [0.1, 0.15) is 6.61 Å². The Kier molecular flexibility index (Phi) is 13.5. The van der Waals surface area contributed by atoms with E-state index in [4.69, 9.17) is 14.6 Å². The zero-order chi connectivity index (χ0) is 31.2. The molecular weight excluding hydrogens is 550 g/mol. The lowest BCUT2D eigenvalue weighted by Crippen LogP contribution is -2.50. The molecule has 234 valence electrons. The lowest BCUT2D eigenvalue weighted by atomic mass is 10.0. The van der Waals surface area contributed by atoms with Gasteiger partial charge in [0.15, 0.2) is 12.2 Å². The summed E-state index contributed by atoms with van der Waals surface area (Å²) in [7, 11) is 1.60. The van der Waals surface area contributed by atoms with Crippen molar-refractivity contribution in [3.05, 3.63) is 65.4 Å². The van der Waals surface area contributed by atoms with Crippen LogP contribution in [0.25, 0.3) is 10.9 Å². The van der Waals surface area contributed by atoms with Crippen molar-refractivity contribution in [1.29, 1.82) is 0 Å². The van der Waals surface area contributed by atoms with Crippen molar-refractivity contribution in [3.8, 4) is 0 Å². The number of aliphatic carboxylic acids is 2. The first-order chi connectivity index (χ1) is 20.7. The van der Waals surface area contributed by atoms with Crippen LogP contribution in [0, 0.1) is 13.8 Å². The topological polar surface area (TPSA) is 141 Å². The van der Waals surface area contributed by atoms with E-state index in [-0.39, 0.29) is 6.61 Å². The minimum atomic E-state index is -1.72. The number of carboxylic acid groups (broad SMARTS) is 2. The molecule has 2 unspecified atom stereocenters. The van der Waals surface area contributed by atoms with Crippen molar-refractivity contribution in [2.75, 3.05) is 38.7 Å². The molecule has 0 saturated carbocycles. The smallest absolute Gasteiger partial charge is 0.336 e. The van der Waals surface area contributed by atoms with E-state index < -0.39 is 36.7 Å². The van der Waals surface area contributed by atoms with Gasteiger partial charge in [0.05, 0.1) is 0 Å². The van der Waals surface area contributed by atoms with Crippen molar-refractivity contribution in [2.45, 2.75) is 71.0 Å². The quantitative estimate of drug-likeness (QED) is 0.131. The van der Waals surface area contributed by atoms with Gasteiger partial charge in [0.25, 0.3) is 5.91 Å². The number of hydrogen-bond acceptors (Lipinski definition) is 6. The number of nitrogens with one attached hydrogen (secondary N) is 2. The van der Waals surface area contributed by atoms with Crippen LogP contribution >= 0.6 is 0 Å². The van der Waals surface area contributed by atoms with Gasteiger partial charge >= 0.3 is 11.9 Å². The third-order valence-corrected chi connectivity index (χ3v) is 7.56. The molecule has 1 heterocycles. The summed E-state index contributed by atoms with van der Waals surface area (Å²) in [6.45, 7) is 4.70. The molecule has 43 heavy (non-hydrogen) atoms. The van der Waals surface area contributed by atoms with Gasteiger partial charge in [0.2, 0.25) is 0 Å². The Morgan fingerprint density at radius 1 is 0.884 bits per heavy atom. The van der Waals surface area contributed by atoms with E-state index >= 15 is 0 Å². The van der Waals surface area contributed by atoms with Crippen LogP contribution in [-0.4, -0.2) is 83.5 Å². The highest BCUT2D eigenvalue weighted by molar-refractivity contribution is 5.88. The lowest BCUT2D eigenvalue weighted by molar-refractivity contribution is -0.175. The average Bonchev–Trinajstić information content (AvgIpc) is 3.44. The summed E-state index contributed by atoms with van der Waals surface area (Å²) in [6, 6.07) is 14.6. The zero-order valence-electron chi connectivity index (χ0n) is 25.4. The molecule has 0 aliphatic carbocycles. The predicted octanol–water partition coefficient (Wildman–Crippen LogP) is 5.18. The Bertz CT molecular complexity index is 1340. The number of carboxylic acids is 2. The van der Waals surface area contributed by atoms with E-state index in [1.54, 1.807) is 7.05 Å². The number of nitrogens with zero attached hydrogens (tertiary/aromatic N) is 1. The SMILES string of the molecule is Cc1ccc(CCCCCOC(C(=O)N(C)CCCCCNc2ccc3[nH]ccc3c2)C(OCC(=O)O)C(=O)O)cc1C. The molecule has 10 nitrogen and oxygen atoms in total. The third kappa shape index (κ3) is 11.0. The van der Waals surface area contributed by atoms with E-state index in [1.807, 2.05) is 24.4 Å². The van der Waals surface area contributed by atoms with Crippen LogP contribution in [0.2, 0.25) is 0 Å². The van der Waals surface area contributed by atoms with Crippen LogP contribution in [-0.2, 0) is 30.3 Å². The van der Waals surface area contributed by atoms with Gasteiger partial charge in [0, 0.05) is 49.5 Å². The molecule has 1 amide bonds.